The average molecular weight is 369 g/mol. The van der Waals surface area contributed by atoms with Crippen molar-refractivity contribution in [2.24, 2.45) is 0 Å². The van der Waals surface area contributed by atoms with Crippen molar-refractivity contribution in [2.45, 2.75) is 18.7 Å². The van der Waals surface area contributed by atoms with Crippen LogP contribution in [0.1, 0.15) is 11.1 Å². The molecule has 0 saturated carbocycles. The van der Waals surface area contributed by atoms with Gasteiger partial charge in [-0.05, 0) is 55.3 Å². The fourth-order valence-corrected chi connectivity index (χ4v) is 3.55. The highest BCUT2D eigenvalue weighted by Crippen LogP contribution is 2.24. The van der Waals surface area contributed by atoms with E-state index in [9.17, 15) is 8.42 Å². The molecule has 1 heterocycles. The highest BCUT2D eigenvalue weighted by Gasteiger charge is 2.15. The van der Waals surface area contributed by atoms with Crippen molar-refractivity contribution in [3.63, 3.8) is 0 Å². The van der Waals surface area contributed by atoms with Crippen molar-refractivity contribution in [1.29, 1.82) is 0 Å². The molecule has 0 spiro atoms. The second kappa shape index (κ2) is 7.13. The summed E-state index contributed by atoms with van der Waals surface area (Å²) < 4.78 is 32.9. The zero-order chi connectivity index (χ0) is 18.7. The largest absolute Gasteiger partial charge is 0.480 e. The minimum Gasteiger partial charge on any atom is -0.480 e. The molecule has 0 aliphatic rings. The molecule has 134 valence electrons. The lowest BCUT2D eigenvalue weighted by Gasteiger charge is -2.11. The molecule has 0 atom stereocenters. The van der Waals surface area contributed by atoms with E-state index in [0.29, 0.717) is 17.3 Å². The van der Waals surface area contributed by atoms with Crippen LogP contribution in [-0.4, -0.2) is 25.7 Å². The van der Waals surface area contributed by atoms with Crippen LogP contribution < -0.4 is 9.46 Å². The van der Waals surface area contributed by atoms with E-state index in [1.165, 1.54) is 7.11 Å². The third-order valence-electron chi connectivity index (χ3n) is 4.05. The number of benzene rings is 2. The summed E-state index contributed by atoms with van der Waals surface area (Å²) in [5.74, 6) is 0.417. The molecule has 1 N–H and O–H groups in total. The van der Waals surface area contributed by atoms with Crippen LogP contribution in [0.3, 0.4) is 0 Å². The Balaban J connectivity index is 1.88. The van der Waals surface area contributed by atoms with E-state index in [2.05, 4.69) is 14.9 Å². The molecule has 0 radical (unpaired) electrons. The number of methoxy groups -OCH3 is 1. The van der Waals surface area contributed by atoms with Gasteiger partial charge in [0.25, 0.3) is 10.0 Å². The summed E-state index contributed by atoms with van der Waals surface area (Å²) in [6, 6.07) is 15.5. The van der Waals surface area contributed by atoms with E-state index in [1.807, 2.05) is 19.9 Å². The second-order valence-electron chi connectivity index (χ2n) is 5.89. The predicted molar refractivity (Wildman–Crippen MR) is 101 cm³/mol. The van der Waals surface area contributed by atoms with Gasteiger partial charge in [-0.1, -0.05) is 18.2 Å². The molecule has 3 rings (SSSR count). The van der Waals surface area contributed by atoms with Crippen molar-refractivity contribution >= 4 is 15.7 Å². The van der Waals surface area contributed by atoms with Gasteiger partial charge in [0.05, 0.1) is 17.7 Å². The number of ether oxygens (including phenoxy) is 1. The summed E-state index contributed by atoms with van der Waals surface area (Å²) in [6.07, 6.45) is 0. The number of nitrogens with one attached hydrogen (secondary N) is 1. The van der Waals surface area contributed by atoms with Crippen LogP contribution >= 0.6 is 0 Å². The Bertz CT molecular complexity index is 1030. The fraction of sp³-hybridized carbons (Fsp3) is 0.158. The maximum Gasteiger partial charge on any atom is 0.261 e. The Hall–Kier alpha value is -2.93. The molecule has 0 saturated heterocycles. The van der Waals surface area contributed by atoms with Crippen LogP contribution in [0.4, 0.5) is 5.69 Å². The van der Waals surface area contributed by atoms with Gasteiger partial charge in [-0.2, -0.15) is 0 Å². The topological polar surface area (TPSA) is 81.2 Å². The minimum atomic E-state index is -3.67. The number of aryl methyl sites for hydroxylation is 2. The summed E-state index contributed by atoms with van der Waals surface area (Å²) in [5.41, 5.74) is 3.80. The monoisotopic (exact) mass is 369 g/mol. The molecule has 0 unspecified atom stereocenters. The molecule has 3 aromatic rings. The summed E-state index contributed by atoms with van der Waals surface area (Å²) in [5, 5.41) is 8.02. The van der Waals surface area contributed by atoms with Gasteiger partial charge in [-0.3, -0.25) is 4.72 Å². The molecule has 7 heteroatoms. The number of anilines is 1. The number of hydrogen-bond donors (Lipinski definition) is 1. The molecular formula is C19H19N3O3S. The lowest BCUT2D eigenvalue weighted by molar-refractivity contribution is 0.392. The number of sulfonamides is 1. The van der Waals surface area contributed by atoms with E-state index >= 15 is 0 Å². The first-order chi connectivity index (χ1) is 12.4. The smallest absolute Gasteiger partial charge is 0.261 e. The van der Waals surface area contributed by atoms with Crippen molar-refractivity contribution < 1.29 is 13.2 Å². The molecule has 6 nitrogen and oxygen atoms in total. The van der Waals surface area contributed by atoms with Gasteiger partial charge in [0.1, 0.15) is 0 Å². The summed E-state index contributed by atoms with van der Waals surface area (Å²) >= 11 is 0. The number of hydrogen-bond acceptors (Lipinski definition) is 5. The van der Waals surface area contributed by atoms with Gasteiger partial charge in [0.2, 0.25) is 5.88 Å². The Morgan fingerprint density at radius 2 is 1.73 bits per heavy atom. The van der Waals surface area contributed by atoms with E-state index in [1.54, 1.807) is 48.5 Å². The summed E-state index contributed by atoms with van der Waals surface area (Å²) in [7, 11) is -2.15. The molecule has 0 amide bonds. The predicted octanol–water partition coefficient (Wildman–Crippen LogP) is 3.57. The van der Waals surface area contributed by atoms with Gasteiger partial charge in [-0.15, -0.1) is 10.2 Å². The molecular weight excluding hydrogens is 350 g/mol. The lowest BCUT2D eigenvalue weighted by Crippen LogP contribution is -2.13. The van der Waals surface area contributed by atoms with Gasteiger partial charge in [0.15, 0.2) is 0 Å². The highest BCUT2D eigenvalue weighted by molar-refractivity contribution is 7.92. The van der Waals surface area contributed by atoms with Crippen LogP contribution in [0.15, 0.2) is 59.5 Å². The first-order valence-electron chi connectivity index (χ1n) is 7.97. The van der Waals surface area contributed by atoms with Crippen LogP contribution in [0.25, 0.3) is 11.3 Å². The van der Waals surface area contributed by atoms with Crippen molar-refractivity contribution in [3.05, 3.63) is 65.7 Å². The van der Waals surface area contributed by atoms with E-state index in [0.717, 1.165) is 16.7 Å². The third kappa shape index (κ3) is 3.83. The summed E-state index contributed by atoms with van der Waals surface area (Å²) in [6.45, 7) is 3.83. The van der Waals surface area contributed by atoms with Crippen LogP contribution in [-0.2, 0) is 10.0 Å². The molecule has 1 aromatic heterocycles. The third-order valence-corrected chi connectivity index (χ3v) is 5.43. The maximum atomic E-state index is 12.6. The molecule has 2 aromatic carbocycles. The molecule has 0 fully saturated rings. The Kier molecular flexibility index (Phi) is 4.90. The zero-order valence-corrected chi connectivity index (χ0v) is 15.5. The Labute approximate surface area is 152 Å². The van der Waals surface area contributed by atoms with Gasteiger partial charge in [-0.25, -0.2) is 8.42 Å². The minimum absolute atomic E-state index is 0.232. The average Bonchev–Trinajstić information content (AvgIpc) is 2.64. The first-order valence-corrected chi connectivity index (χ1v) is 9.45. The Morgan fingerprint density at radius 3 is 2.38 bits per heavy atom. The first kappa shape index (κ1) is 17.9. The fourth-order valence-electron chi connectivity index (χ4n) is 2.42. The lowest BCUT2D eigenvalue weighted by atomic mass is 10.1. The molecule has 26 heavy (non-hydrogen) atoms. The van der Waals surface area contributed by atoms with Gasteiger partial charge >= 0.3 is 0 Å². The highest BCUT2D eigenvalue weighted by atomic mass is 32.2. The molecule has 0 aliphatic heterocycles. The number of aromatic nitrogens is 2. The Morgan fingerprint density at radius 1 is 0.923 bits per heavy atom. The maximum absolute atomic E-state index is 12.6. The van der Waals surface area contributed by atoms with Crippen molar-refractivity contribution in [2.75, 3.05) is 11.8 Å². The van der Waals surface area contributed by atoms with Crippen LogP contribution in [0, 0.1) is 13.8 Å². The molecule has 0 aliphatic carbocycles. The van der Waals surface area contributed by atoms with Gasteiger partial charge in [0, 0.05) is 17.3 Å². The number of nitrogens with zero attached hydrogens (tertiary/aromatic N) is 2. The van der Waals surface area contributed by atoms with Crippen LogP contribution in [0.5, 0.6) is 5.88 Å². The van der Waals surface area contributed by atoms with Gasteiger partial charge < -0.3 is 4.74 Å². The normalized spacial score (nSPS) is 11.2. The SMILES string of the molecule is COc1ccc(-c2cccc(NS(=O)(=O)c3ccc(C)c(C)c3)c2)nn1. The van der Waals surface area contributed by atoms with Crippen molar-refractivity contribution in [3.8, 4) is 17.1 Å². The summed E-state index contributed by atoms with van der Waals surface area (Å²) in [4.78, 5) is 0.232. The quantitative estimate of drug-likeness (QED) is 0.743. The van der Waals surface area contributed by atoms with E-state index in [4.69, 9.17) is 4.74 Å². The van der Waals surface area contributed by atoms with Crippen LogP contribution in [0.2, 0.25) is 0 Å². The van der Waals surface area contributed by atoms with E-state index < -0.39 is 10.0 Å². The standard InChI is InChI=1S/C19H19N3O3S/c1-13-7-8-17(11-14(13)2)26(23,24)22-16-6-4-5-15(12-16)18-9-10-19(25-3)21-20-18/h4-12,22H,1-3H3. The molecule has 0 bridgehead atoms. The zero-order valence-electron chi connectivity index (χ0n) is 14.7. The van der Waals surface area contributed by atoms with E-state index in [-0.39, 0.29) is 4.90 Å². The second-order valence-corrected chi connectivity index (χ2v) is 7.58. The van der Waals surface area contributed by atoms with Crippen molar-refractivity contribution in [1.82, 2.24) is 10.2 Å². The number of rotatable bonds is 5.